The van der Waals surface area contributed by atoms with Gasteiger partial charge in [0, 0.05) is 27.2 Å². The number of carbonyl (C=O) groups is 2. The highest BCUT2D eigenvalue weighted by molar-refractivity contribution is 6.53. The number of rotatable bonds is 6. The van der Waals surface area contributed by atoms with Gasteiger partial charge in [-0.3, -0.25) is 9.59 Å². The van der Waals surface area contributed by atoms with Gasteiger partial charge in [0.2, 0.25) is 5.91 Å². The molecule has 156 valence electrons. The molecule has 1 amide bonds. The smallest absolute Gasteiger partial charge is 0.231 e. The van der Waals surface area contributed by atoms with E-state index in [4.69, 9.17) is 58.0 Å². The van der Waals surface area contributed by atoms with E-state index in [9.17, 15) is 9.59 Å². The molecule has 1 aliphatic rings. The number of amides is 1. The summed E-state index contributed by atoms with van der Waals surface area (Å²) in [4.78, 5) is 24.9. The predicted molar refractivity (Wildman–Crippen MR) is 123 cm³/mol. The van der Waals surface area contributed by atoms with E-state index in [0.29, 0.717) is 31.9 Å². The van der Waals surface area contributed by atoms with Crippen LogP contribution in [-0.2, 0) is 4.79 Å². The van der Waals surface area contributed by atoms with E-state index in [2.05, 4.69) is 10.6 Å². The van der Waals surface area contributed by atoms with Crippen LogP contribution >= 0.6 is 70.4 Å². The molecule has 3 rings (SSSR count). The molecule has 2 unspecified atom stereocenters. The van der Waals surface area contributed by atoms with Crippen molar-refractivity contribution in [3.63, 3.8) is 0 Å². The van der Waals surface area contributed by atoms with E-state index in [1.807, 2.05) is 0 Å². The number of carbonyl (C=O) groups excluding carboxylic acids is 2. The zero-order chi connectivity index (χ0) is 20.6. The van der Waals surface area contributed by atoms with Gasteiger partial charge < -0.3 is 10.6 Å². The molecule has 4 nitrogen and oxygen atoms in total. The molecule has 1 aliphatic carbocycles. The first-order valence-corrected chi connectivity index (χ1v) is 10.2. The first-order chi connectivity index (χ1) is 13.1. The van der Waals surface area contributed by atoms with Crippen LogP contribution in [0.4, 0.5) is 5.69 Å². The summed E-state index contributed by atoms with van der Waals surface area (Å²) in [6.07, 6.45) is 0. The maximum atomic E-state index is 12.8. The van der Waals surface area contributed by atoms with E-state index in [1.165, 1.54) is 6.07 Å². The summed E-state index contributed by atoms with van der Waals surface area (Å²) < 4.78 is -1.28. The maximum Gasteiger partial charge on any atom is 0.231 e. The molecule has 0 bridgehead atoms. The minimum Gasteiger partial charge on any atom is -0.326 e. The molecule has 2 atom stereocenters. The second-order valence-electron chi connectivity index (χ2n) is 6.47. The average Bonchev–Trinajstić information content (AvgIpc) is 3.18. The van der Waals surface area contributed by atoms with Crippen molar-refractivity contribution >= 4 is 87.8 Å². The first kappa shape index (κ1) is 24.5. The molecule has 2 aromatic rings. The Morgan fingerprint density at radius 3 is 2.24 bits per heavy atom. The zero-order valence-electron chi connectivity index (χ0n) is 14.9. The number of benzene rings is 2. The summed E-state index contributed by atoms with van der Waals surface area (Å²) in [5, 5.41) is 6.69. The van der Waals surface area contributed by atoms with Crippen LogP contribution in [0, 0.1) is 5.92 Å². The van der Waals surface area contributed by atoms with Gasteiger partial charge in [0.15, 0.2) is 5.78 Å². The molecule has 0 saturated heterocycles. The minimum atomic E-state index is -1.28. The Balaban J connectivity index is 0.00000300. The lowest BCUT2D eigenvalue weighted by Crippen LogP contribution is -2.20. The van der Waals surface area contributed by atoms with Crippen LogP contribution < -0.4 is 10.6 Å². The van der Waals surface area contributed by atoms with E-state index < -0.39 is 16.2 Å². The molecule has 1 fully saturated rings. The van der Waals surface area contributed by atoms with Crippen molar-refractivity contribution in [1.29, 1.82) is 0 Å². The normalized spacial score (nSPS) is 19.2. The van der Waals surface area contributed by atoms with Gasteiger partial charge in [-0.1, -0.05) is 34.8 Å². The number of alkyl halides is 2. The molecular weight excluding hydrogens is 501 g/mol. The number of ketones is 1. The van der Waals surface area contributed by atoms with Crippen molar-refractivity contribution in [1.82, 2.24) is 5.32 Å². The highest BCUT2D eigenvalue weighted by Gasteiger charge is 2.67. The summed E-state index contributed by atoms with van der Waals surface area (Å²) in [5.41, 5.74) is 1.42. The third kappa shape index (κ3) is 5.31. The summed E-state index contributed by atoms with van der Waals surface area (Å²) in [7, 11) is 1.66. The summed E-state index contributed by atoms with van der Waals surface area (Å²) >= 11 is 30.9. The predicted octanol–water partition coefficient (Wildman–Crippen LogP) is 6.00. The van der Waals surface area contributed by atoms with Gasteiger partial charge >= 0.3 is 0 Å². The fraction of sp³-hybridized carbons (Fsp3) is 0.263. The standard InChI is InChI=1S/C19H15Cl5N2O2.ClH/c1-25-8-15(27)13-7-12(2-3-14(13)22)26-18(28)17-16(19(17,23)24)9-4-10(20)6-11(21)5-9;/h2-7,16-17,25H,8H2,1H3,(H,26,28);1H. The van der Waals surface area contributed by atoms with Crippen LogP contribution in [0.5, 0.6) is 0 Å². The van der Waals surface area contributed by atoms with Crippen LogP contribution in [0.1, 0.15) is 21.8 Å². The van der Waals surface area contributed by atoms with Gasteiger partial charge in [0.1, 0.15) is 4.33 Å². The molecule has 2 aromatic carbocycles. The Morgan fingerprint density at radius 1 is 1.03 bits per heavy atom. The van der Waals surface area contributed by atoms with E-state index >= 15 is 0 Å². The topological polar surface area (TPSA) is 58.2 Å². The number of hydrogen-bond donors (Lipinski definition) is 2. The molecule has 0 heterocycles. The summed E-state index contributed by atoms with van der Waals surface area (Å²) in [6, 6.07) is 9.64. The summed E-state index contributed by atoms with van der Waals surface area (Å²) in [5.74, 6) is -1.71. The average molecular weight is 517 g/mol. The van der Waals surface area contributed by atoms with Crippen molar-refractivity contribution in [3.05, 3.63) is 62.6 Å². The largest absolute Gasteiger partial charge is 0.326 e. The van der Waals surface area contributed by atoms with Crippen molar-refractivity contribution < 1.29 is 9.59 Å². The van der Waals surface area contributed by atoms with Gasteiger partial charge in [-0.25, -0.2) is 0 Å². The third-order valence-electron chi connectivity index (χ3n) is 4.45. The zero-order valence-corrected chi connectivity index (χ0v) is 19.5. The van der Waals surface area contributed by atoms with Crippen molar-refractivity contribution in [2.75, 3.05) is 18.9 Å². The fourth-order valence-corrected chi connectivity index (χ4v) is 4.71. The minimum absolute atomic E-state index is 0. The number of likely N-dealkylation sites (N-methyl/N-ethyl adjacent to an activating group) is 1. The Labute approximate surface area is 199 Å². The molecule has 29 heavy (non-hydrogen) atoms. The van der Waals surface area contributed by atoms with Crippen LogP contribution in [0.3, 0.4) is 0 Å². The Morgan fingerprint density at radius 2 is 1.66 bits per heavy atom. The lowest BCUT2D eigenvalue weighted by atomic mass is 10.1. The quantitative estimate of drug-likeness (QED) is 0.366. The summed E-state index contributed by atoms with van der Waals surface area (Å²) in [6.45, 7) is 0.129. The molecular formula is C19H16Cl6N2O2. The SMILES string of the molecule is CNCC(=O)c1cc(NC(=O)C2C(c3cc(Cl)cc(Cl)c3)C2(Cl)Cl)ccc1Cl.Cl. The lowest BCUT2D eigenvalue weighted by Gasteiger charge is -2.09. The molecule has 0 spiro atoms. The molecule has 0 aromatic heterocycles. The van der Waals surface area contributed by atoms with Crippen molar-refractivity contribution in [3.8, 4) is 0 Å². The van der Waals surface area contributed by atoms with Crippen LogP contribution in [-0.4, -0.2) is 29.6 Å². The molecule has 0 aliphatic heterocycles. The molecule has 1 saturated carbocycles. The van der Waals surface area contributed by atoms with Crippen LogP contribution in [0.15, 0.2) is 36.4 Å². The number of hydrogen-bond acceptors (Lipinski definition) is 3. The monoisotopic (exact) mass is 514 g/mol. The van der Waals surface area contributed by atoms with Crippen LogP contribution in [0.2, 0.25) is 15.1 Å². The first-order valence-electron chi connectivity index (χ1n) is 8.27. The van der Waals surface area contributed by atoms with Gasteiger partial charge in [-0.15, -0.1) is 35.6 Å². The fourth-order valence-electron chi connectivity index (χ4n) is 3.11. The number of Topliss-reactive ketones (excluding diaryl/α,β-unsaturated/α-hetero) is 1. The van der Waals surface area contributed by atoms with E-state index in [0.717, 1.165) is 0 Å². The Bertz CT molecular complexity index is 930. The van der Waals surface area contributed by atoms with Gasteiger partial charge in [-0.05, 0) is 49.0 Å². The van der Waals surface area contributed by atoms with Crippen molar-refractivity contribution in [2.45, 2.75) is 10.3 Å². The number of nitrogens with one attached hydrogen (secondary N) is 2. The molecule has 10 heteroatoms. The Kier molecular flexibility index (Phi) is 8.13. The second-order valence-corrected chi connectivity index (χ2v) is 9.19. The molecule has 2 N–H and O–H groups in total. The van der Waals surface area contributed by atoms with E-state index in [1.54, 1.807) is 37.4 Å². The number of anilines is 1. The van der Waals surface area contributed by atoms with E-state index in [-0.39, 0.29) is 30.6 Å². The highest BCUT2D eigenvalue weighted by Crippen LogP contribution is 2.65. The van der Waals surface area contributed by atoms with Crippen LogP contribution in [0.25, 0.3) is 0 Å². The lowest BCUT2D eigenvalue weighted by molar-refractivity contribution is -0.117. The number of halogens is 6. The van der Waals surface area contributed by atoms with Gasteiger partial charge in [-0.2, -0.15) is 0 Å². The van der Waals surface area contributed by atoms with Gasteiger partial charge in [0.05, 0.1) is 17.5 Å². The maximum absolute atomic E-state index is 12.8. The second kappa shape index (κ2) is 9.61. The highest BCUT2D eigenvalue weighted by atomic mass is 35.5. The molecule has 0 radical (unpaired) electrons. The van der Waals surface area contributed by atoms with Crippen molar-refractivity contribution in [2.24, 2.45) is 5.92 Å². The third-order valence-corrected chi connectivity index (χ3v) is 6.16. The Hall–Kier alpha value is -0.720. The van der Waals surface area contributed by atoms with Gasteiger partial charge in [0.25, 0.3) is 0 Å².